The van der Waals surface area contributed by atoms with E-state index in [1.54, 1.807) is 11.3 Å². The fourth-order valence-electron chi connectivity index (χ4n) is 1.82. The molecule has 0 saturated heterocycles. The van der Waals surface area contributed by atoms with Crippen molar-refractivity contribution in [3.63, 3.8) is 0 Å². The molecule has 0 aliphatic heterocycles. The molecule has 0 spiro atoms. The summed E-state index contributed by atoms with van der Waals surface area (Å²) in [5.41, 5.74) is 7.69. The number of hydrogen-bond donors (Lipinski definition) is 2. The van der Waals surface area contributed by atoms with Crippen LogP contribution in [0, 0.1) is 0 Å². The van der Waals surface area contributed by atoms with Crippen LogP contribution in [0.1, 0.15) is 19.5 Å². The molecule has 132 valence electrons. The van der Waals surface area contributed by atoms with Gasteiger partial charge in [-0.2, -0.15) is 0 Å². The summed E-state index contributed by atoms with van der Waals surface area (Å²) in [6.45, 7) is 4.45. The van der Waals surface area contributed by atoms with Crippen molar-refractivity contribution in [2.75, 3.05) is 24.3 Å². The Morgan fingerprint density at radius 3 is 2.54 bits per heavy atom. The molecular formula is C16H24IN5OS. The van der Waals surface area contributed by atoms with Gasteiger partial charge in [-0.15, -0.1) is 35.3 Å². The van der Waals surface area contributed by atoms with Crippen molar-refractivity contribution in [2.45, 2.75) is 26.5 Å². The summed E-state index contributed by atoms with van der Waals surface area (Å²) in [4.78, 5) is 10.7. The van der Waals surface area contributed by atoms with Crippen molar-refractivity contribution in [2.24, 2.45) is 10.7 Å². The number of rotatable bonds is 6. The van der Waals surface area contributed by atoms with Gasteiger partial charge in [0, 0.05) is 25.2 Å². The lowest BCUT2D eigenvalue weighted by atomic mass is 10.3. The Morgan fingerprint density at radius 2 is 2.00 bits per heavy atom. The molecule has 1 aromatic heterocycles. The van der Waals surface area contributed by atoms with Crippen LogP contribution in [0.2, 0.25) is 0 Å². The summed E-state index contributed by atoms with van der Waals surface area (Å²) < 4.78 is 5.60. The number of anilines is 2. The number of nitrogens with one attached hydrogen (secondary N) is 1. The van der Waals surface area contributed by atoms with Gasteiger partial charge in [0.1, 0.15) is 5.75 Å². The van der Waals surface area contributed by atoms with Crippen molar-refractivity contribution in [3.8, 4) is 5.75 Å². The van der Waals surface area contributed by atoms with E-state index in [9.17, 15) is 0 Å². The van der Waals surface area contributed by atoms with Crippen molar-refractivity contribution >= 4 is 52.1 Å². The van der Waals surface area contributed by atoms with E-state index in [0.29, 0.717) is 12.5 Å². The molecule has 2 aromatic rings. The lowest BCUT2D eigenvalue weighted by Gasteiger charge is -2.10. The van der Waals surface area contributed by atoms with E-state index in [-0.39, 0.29) is 30.1 Å². The molecule has 24 heavy (non-hydrogen) atoms. The number of halogens is 1. The number of nitrogens with two attached hydrogens (primary N) is 1. The number of guanidine groups is 1. The third-order valence-electron chi connectivity index (χ3n) is 2.83. The zero-order valence-corrected chi connectivity index (χ0v) is 17.5. The van der Waals surface area contributed by atoms with Gasteiger partial charge in [0.25, 0.3) is 0 Å². The quantitative estimate of drug-likeness (QED) is 0.391. The predicted molar refractivity (Wildman–Crippen MR) is 113 cm³/mol. The zero-order chi connectivity index (χ0) is 16.8. The fourth-order valence-corrected chi connectivity index (χ4v) is 2.57. The van der Waals surface area contributed by atoms with E-state index < -0.39 is 0 Å². The Labute approximate surface area is 164 Å². The molecule has 0 radical (unpaired) electrons. The van der Waals surface area contributed by atoms with Crippen LogP contribution in [-0.4, -0.2) is 31.1 Å². The van der Waals surface area contributed by atoms with Crippen LogP contribution < -0.4 is 20.7 Å². The van der Waals surface area contributed by atoms with Crippen molar-refractivity contribution in [1.82, 2.24) is 4.98 Å². The Hall–Kier alpha value is -1.55. The van der Waals surface area contributed by atoms with E-state index >= 15 is 0 Å². The minimum absolute atomic E-state index is 0. The zero-order valence-electron chi connectivity index (χ0n) is 14.3. The molecule has 0 aliphatic carbocycles. The highest BCUT2D eigenvalue weighted by atomic mass is 127. The molecule has 2 rings (SSSR count). The summed E-state index contributed by atoms with van der Waals surface area (Å²) in [6.07, 6.45) is 0.158. The molecule has 0 bridgehead atoms. The van der Waals surface area contributed by atoms with Gasteiger partial charge in [-0.05, 0) is 38.1 Å². The molecule has 6 nitrogen and oxygen atoms in total. The van der Waals surface area contributed by atoms with Crippen molar-refractivity contribution < 1.29 is 4.74 Å². The average Bonchev–Trinajstić information content (AvgIpc) is 2.96. The molecule has 3 N–H and O–H groups in total. The second-order valence-corrected chi connectivity index (χ2v) is 6.37. The number of ether oxygens (including phenoxy) is 1. The first-order chi connectivity index (χ1) is 10.9. The van der Waals surface area contributed by atoms with Crippen LogP contribution >= 0.6 is 35.3 Å². The number of hydrogen-bond acceptors (Lipinski definition) is 5. The van der Waals surface area contributed by atoms with Crippen LogP contribution in [0.4, 0.5) is 10.8 Å². The maximum absolute atomic E-state index is 5.91. The van der Waals surface area contributed by atoms with E-state index in [1.165, 1.54) is 0 Å². The highest BCUT2D eigenvalue weighted by Crippen LogP contribution is 2.19. The molecule has 8 heteroatoms. The highest BCUT2D eigenvalue weighted by Gasteiger charge is 2.03. The SMILES string of the molecule is CC(C)Oc1ccc(NC(N)=NCc2csc(N(C)C)n2)cc1.I. The summed E-state index contributed by atoms with van der Waals surface area (Å²) in [5.74, 6) is 1.20. The van der Waals surface area contributed by atoms with Gasteiger partial charge in [0.05, 0.1) is 18.3 Å². The molecule has 0 aliphatic rings. The standard InChI is InChI=1S/C16H23N5OS.HI/c1-11(2)22-14-7-5-12(6-8-14)19-15(17)18-9-13-10-23-16(20-13)21(3)4;/h5-8,10-11H,9H2,1-4H3,(H3,17,18,19);1H. The minimum Gasteiger partial charge on any atom is -0.491 e. The number of aliphatic imine (C=N–C) groups is 1. The monoisotopic (exact) mass is 461 g/mol. The molecule has 0 unspecified atom stereocenters. The lowest BCUT2D eigenvalue weighted by Crippen LogP contribution is -2.22. The van der Waals surface area contributed by atoms with Crippen molar-refractivity contribution in [3.05, 3.63) is 35.3 Å². The number of nitrogens with zero attached hydrogens (tertiary/aromatic N) is 3. The normalized spacial score (nSPS) is 11.1. The molecule has 1 heterocycles. The van der Waals surface area contributed by atoms with Crippen LogP contribution in [-0.2, 0) is 6.54 Å². The number of benzene rings is 1. The Balaban J connectivity index is 0.00000288. The number of thiazole rings is 1. The lowest BCUT2D eigenvalue weighted by molar-refractivity contribution is 0.242. The summed E-state index contributed by atoms with van der Waals surface area (Å²) >= 11 is 1.59. The van der Waals surface area contributed by atoms with Gasteiger partial charge in [-0.3, -0.25) is 0 Å². The molecule has 1 aromatic carbocycles. The number of aromatic nitrogens is 1. The van der Waals surface area contributed by atoms with Gasteiger partial charge in [-0.1, -0.05) is 0 Å². The molecular weight excluding hydrogens is 437 g/mol. The molecule has 0 atom stereocenters. The first-order valence-electron chi connectivity index (χ1n) is 7.39. The van der Waals surface area contributed by atoms with Gasteiger partial charge < -0.3 is 20.7 Å². The smallest absolute Gasteiger partial charge is 0.193 e. The van der Waals surface area contributed by atoms with E-state index in [1.807, 2.05) is 62.5 Å². The Bertz CT molecular complexity index is 655. The van der Waals surface area contributed by atoms with Crippen LogP contribution in [0.25, 0.3) is 0 Å². The summed E-state index contributed by atoms with van der Waals surface area (Å²) in [7, 11) is 3.93. The van der Waals surface area contributed by atoms with Crippen molar-refractivity contribution in [1.29, 1.82) is 0 Å². The highest BCUT2D eigenvalue weighted by molar-refractivity contribution is 14.0. The second kappa shape index (κ2) is 9.67. The fraction of sp³-hybridized carbons (Fsp3) is 0.375. The van der Waals surface area contributed by atoms with Crippen LogP contribution in [0.5, 0.6) is 5.75 Å². The predicted octanol–water partition coefficient (Wildman–Crippen LogP) is 3.54. The molecule has 0 fully saturated rings. The van der Waals surface area contributed by atoms with Crippen LogP contribution in [0.15, 0.2) is 34.6 Å². The average molecular weight is 461 g/mol. The van der Waals surface area contributed by atoms with Gasteiger partial charge in [0.15, 0.2) is 11.1 Å². The topological polar surface area (TPSA) is 75.8 Å². The summed E-state index contributed by atoms with van der Waals surface area (Å²) in [5, 5.41) is 6.01. The van der Waals surface area contributed by atoms with Crippen LogP contribution in [0.3, 0.4) is 0 Å². The summed E-state index contributed by atoms with van der Waals surface area (Å²) in [6, 6.07) is 7.62. The van der Waals surface area contributed by atoms with Gasteiger partial charge in [0.2, 0.25) is 0 Å². The first kappa shape index (κ1) is 20.5. The maximum atomic E-state index is 5.91. The maximum Gasteiger partial charge on any atom is 0.193 e. The third-order valence-corrected chi connectivity index (χ3v) is 3.89. The molecule has 0 amide bonds. The van der Waals surface area contributed by atoms with E-state index in [4.69, 9.17) is 10.5 Å². The van der Waals surface area contributed by atoms with E-state index in [0.717, 1.165) is 22.3 Å². The Morgan fingerprint density at radius 1 is 1.33 bits per heavy atom. The second-order valence-electron chi connectivity index (χ2n) is 5.53. The first-order valence-corrected chi connectivity index (χ1v) is 8.27. The van der Waals surface area contributed by atoms with Gasteiger partial charge >= 0.3 is 0 Å². The minimum atomic E-state index is 0. The molecule has 0 saturated carbocycles. The van der Waals surface area contributed by atoms with E-state index in [2.05, 4.69) is 15.3 Å². The van der Waals surface area contributed by atoms with Gasteiger partial charge in [-0.25, -0.2) is 9.98 Å². The largest absolute Gasteiger partial charge is 0.491 e. The Kier molecular flexibility index (Phi) is 8.26. The third kappa shape index (κ3) is 6.52.